The Bertz CT molecular complexity index is 658. The highest BCUT2D eigenvalue weighted by molar-refractivity contribution is 6.33. The minimum absolute atomic E-state index is 0.0501. The largest absolute Gasteiger partial charge is 0.368 e. The van der Waals surface area contributed by atoms with Gasteiger partial charge in [-0.1, -0.05) is 11.6 Å². The number of carbonyl (C=O) groups is 1. The number of primary amides is 1. The first-order valence-corrected chi connectivity index (χ1v) is 7.08. The third-order valence-corrected chi connectivity index (χ3v) is 3.88. The summed E-state index contributed by atoms with van der Waals surface area (Å²) in [6.45, 7) is 1.68. The zero-order chi connectivity index (χ0) is 14.8. The van der Waals surface area contributed by atoms with Gasteiger partial charge < -0.3 is 10.6 Å². The molecule has 1 aliphatic rings. The molecule has 2 aromatic rings. The number of halogens is 1. The maximum atomic E-state index is 11.1. The molecule has 0 unspecified atom stereocenters. The van der Waals surface area contributed by atoms with Gasteiger partial charge in [-0.15, -0.1) is 5.10 Å². The molecule has 1 atom stereocenters. The number of anilines is 1. The average Bonchev–Trinajstić information content (AvgIpc) is 2.98. The van der Waals surface area contributed by atoms with Crippen molar-refractivity contribution in [3.05, 3.63) is 35.6 Å². The Hall–Kier alpha value is -2.15. The van der Waals surface area contributed by atoms with Crippen LogP contribution in [0.25, 0.3) is 0 Å². The van der Waals surface area contributed by atoms with Gasteiger partial charge in [0.2, 0.25) is 5.82 Å². The molecule has 2 N–H and O–H groups in total. The zero-order valence-electron chi connectivity index (χ0n) is 11.3. The molecule has 3 heterocycles. The van der Waals surface area contributed by atoms with Crippen LogP contribution in [0, 0.1) is 0 Å². The Morgan fingerprint density at radius 1 is 1.48 bits per heavy atom. The van der Waals surface area contributed by atoms with Crippen LogP contribution >= 0.6 is 11.6 Å². The number of pyridine rings is 1. The minimum Gasteiger partial charge on any atom is -0.368 e. The summed E-state index contributed by atoms with van der Waals surface area (Å²) in [5.41, 5.74) is 6.15. The van der Waals surface area contributed by atoms with Gasteiger partial charge in [0.1, 0.15) is 6.33 Å². The van der Waals surface area contributed by atoms with Crippen LogP contribution in [0.4, 0.5) is 5.69 Å². The topological polar surface area (TPSA) is 89.9 Å². The smallest absolute Gasteiger partial charge is 0.288 e. The van der Waals surface area contributed by atoms with Crippen molar-refractivity contribution >= 4 is 23.2 Å². The van der Waals surface area contributed by atoms with Crippen molar-refractivity contribution in [1.29, 1.82) is 0 Å². The van der Waals surface area contributed by atoms with E-state index >= 15 is 0 Å². The summed E-state index contributed by atoms with van der Waals surface area (Å²) >= 11 is 6.20. The summed E-state index contributed by atoms with van der Waals surface area (Å²) in [6, 6.07) is 2.05. The summed E-state index contributed by atoms with van der Waals surface area (Å²) in [4.78, 5) is 21.2. The maximum Gasteiger partial charge on any atom is 0.288 e. The number of rotatable bonds is 3. The van der Waals surface area contributed by atoms with Crippen molar-refractivity contribution in [2.24, 2.45) is 5.73 Å². The maximum absolute atomic E-state index is 11.1. The van der Waals surface area contributed by atoms with E-state index < -0.39 is 5.91 Å². The molecule has 0 aliphatic carbocycles. The number of nitrogens with zero attached hydrogens (tertiary/aromatic N) is 5. The molecule has 1 aliphatic heterocycles. The fourth-order valence-electron chi connectivity index (χ4n) is 2.58. The lowest BCUT2D eigenvalue weighted by molar-refractivity contribution is 0.0990. The van der Waals surface area contributed by atoms with Crippen LogP contribution in [-0.4, -0.2) is 38.7 Å². The third kappa shape index (κ3) is 2.82. The molecule has 0 spiro atoms. The minimum atomic E-state index is -0.612. The molecule has 2 aromatic heterocycles. The van der Waals surface area contributed by atoms with Crippen LogP contribution in [0.15, 0.2) is 24.8 Å². The van der Waals surface area contributed by atoms with Crippen LogP contribution in [0.2, 0.25) is 5.02 Å². The second-order valence-electron chi connectivity index (χ2n) is 4.98. The fraction of sp³-hybridized carbons (Fsp3) is 0.385. The van der Waals surface area contributed by atoms with Crippen LogP contribution < -0.4 is 10.6 Å². The SMILES string of the molecule is NC(=O)c1ncn([C@@H]2CCCN(c3ccncc3Cl)C2)n1. The molecule has 0 bridgehead atoms. The van der Waals surface area contributed by atoms with Gasteiger partial charge in [0.05, 0.1) is 16.8 Å². The Morgan fingerprint density at radius 3 is 3.05 bits per heavy atom. The van der Waals surface area contributed by atoms with E-state index in [0.29, 0.717) is 5.02 Å². The van der Waals surface area contributed by atoms with Gasteiger partial charge >= 0.3 is 0 Å². The molecule has 21 heavy (non-hydrogen) atoms. The Labute approximate surface area is 126 Å². The van der Waals surface area contributed by atoms with Gasteiger partial charge in [-0.2, -0.15) is 0 Å². The van der Waals surface area contributed by atoms with Crippen molar-refractivity contribution in [2.45, 2.75) is 18.9 Å². The Morgan fingerprint density at radius 2 is 2.33 bits per heavy atom. The predicted octanol–water partition coefficient (Wildman–Crippen LogP) is 1.27. The number of aromatic nitrogens is 4. The molecule has 1 fully saturated rings. The molecule has 0 aromatic carbocycles. The lowest BCUT2D eigenvalue weighted by Crippen LogP contribution is -2.37. The van der Waals surface area contributed by atoms with E-state index in [4.69, 9.17) is 17.3 Å². The van der Waals surface area contributed by atoms with Gasteiger partial charge in [-0.05, 0) is 18.9 Å². The van der Waals surface area contributed by atoms with E-state index in [-0.39, 0.29) is 11.9 Å². The molecule has 0 radical (unpaired) electrons. The lowest BCUT2D eigenvalue weighted by Gasteiger charge is -2.34. The van der Waals surface area contributed by atoms with Crippen molar-refractivity contribution < 1.29 is 4.79 Å². The first-order valence-electron chi connectivity index (χ1n) is 6.70. The van der Waals surface area contributed by atoms with Crippen LogP contribution in [0.1, 0.15) is 29.5 Å². The molecule has 1 amide bonds. The molecule has 110 valence electrons. The quantitative estimate of drug-likeness (QED) is 0.922. The molecule has 3 rings (SSSR count). The number of amides is 1. The number of hydrogen-bond donors (Lipinski definition) is 1. The van der Waals surface area contributed by atoms with E-state index in [0.717, 1.165) is 31.6 Å². The number of nitrogens with two attached hydrogens (primary N) is 1. The number of piperidine rings is 1. The van der Waals surface area contributed by atoms with Gasteiger partial charge in [0.15, 0.2) is 0 Å². The summed E-state index contributed by atoms with van der Waals surface area (Å²) in [7, 11) is 0. The van der Waals surface area contributed by atoms with Crippen molar-refractivity contribution in [2.75, 3.05) is 18.0 Å². The van der Waals surface area contributed by atoms with Crippen LogP contribution in [0.3, 0.4) is 0 Å². The van der Waals surface area contributed by atoms with Gasteiger partial charge in [0, 0.05) is 25.5 Å². The highest BCUT2D eigenvalue weighted by Crippen LogP contribution is 2.30. The van der Waals surface area contributed by atoms with Gasteiger partial charge in [-0.25, -0.2) is 9.67 Å². The van der Waals surface area contributed by atoms with E-state index in [1.54, 1.807) is 23.4 Å². The Kier molecular flexibility index (Phi) is 3.74. The lowest BCUT2D eigenvalue weighted by atomic mass is 10.1. The van der Waals surface area contributed by atoms with Gasteiger partial charge in [-0.3, -0.25) is 9.78 Å². The molecular weight excluding hydrogens is 292 g/mol. The zero-order valence-corrected chi connectivity index (χ0v) is 12.1. The average molecular weight is 307 g/mol. The van der Waals surface area contributed by atoms with Crippen LogP contribution in [-0.2, 0) is 0 Å². The normalized spacial score (nSPS) is 18.7. The van der Waals surface area contributed by atoms with E-state index in [9.17, 15) is 4.79 Å². The molecular formula is C13H15ClN6O. The first kappa shape index (κ1) is 13.8. The van der Waals surface area contributed by atoms with Crippen molar-refractivity contribution in [3.8, 4) is 0 Å². The van der Waals surface area contributed by atoms with E-state index in [2.05, 4.69) is 20.0 Å². The second-order valence-corrected chi connectivity index (χ2v) is 5.39. The standard InChI is InChI=1S/C13H15ClN6O/c14-10-6-16-4-3-11(10)19-5-1-2-9(7-19)20-8-17-13(18-20)12(15)21/h3-4,6,8-9H,1-2,5,7H2,(H2,15,21)/t9-/m1/s1. The third-order valence-electron chi connectivity index (χ3n) is 3.59. The number of hydrogen-bond acceptors (Lipinski definition) is 5. The second kappa shape index (κ2) is 5.69. The first-order chi connectivity index (χ1) is 10.1. The highest BCUT2D eigenvalue weighted by Gasteiger charge is 2.24. The summed E-state index contributed by atoms with van der Waals surface area (Å²) in [5, 5.41) is 4.78. The molecule has 7 nitrogen and oxygen atoms in total. The fourth-order valence-corrected chi connectivity index (χ4v) is 2.82. The molecule has 1 saturated heterocycles. The van der Waals surface area contributed by atoms with E-state index in [1.807, 2.05) is 6.07 Å². The monoisotopic (exact) mass is 306 g/mol. The molecule has 8 heteroatoms. The highest BCUT2D eigenvalue weighted by atomic mass is 35.5. The number of carbonyl (C=O) groups excluding carboxylic acids is 1. The van der Waals surface area contributed by atoms with Crippen molar-refractivity contribution in [3.63, 3.8) is 0 Å². The summed E-state index contributed by atoms with van der Waals surface area (Å²) in [6.07, 6.45) is 6.91. The van der Waals surface area contributed by atoms with Gasteiger partial charge in [0.25, 0.3) is 5.91 Å². The Balaban J connectivity index is 1.79. The molecule has 0 saturated carbocycles. The summed E-state index contributed by atoms with van der Waals surface area (Å²) in [5.74, 6) is -0.562. The van der Waals surface area contributed by atoms with E-state index in [1.165, 1.54) is 0 Å². The van der Waals surface area contributed by atoms with Crippen LogP contribution in [0.5, 0.6) is 0 Å². The van der Waals surface area contributed by atoms with Crippen molar-refractivity contribution in [1.82, 2.24) is 19.7 Å². The summed E-state index contributed by atoms with van der Waals surface area (Å²) < 4.78 is 1.71. The predicted molar refractivity (Wildman–Crippen MR) is 78.3 cm³/mol.